The molecule has 0 N–H and O–H groups in total. The van der Waals surface area contributed by atoms with Crippen LogP contribution in [0.4, 0.5) is 0 Å². The van der Waals surface area contributed by atoms with Crippen molar-refractivity contribution < 1.29 is 0 Å². The summed E-state index contributed by atoms with van der Waals surface area (Å²) in [7, 11) is 0. The van der Waals surface area contributed by atoms with Gasteiger partial charge in [-0.25, -0.2) is 0 Å². The van der Waals surface area contributed by atoms with E-state index in [-0.39, 0.29) is 0 Å². The first-order valence-electron chi connectivity index (χ1n) is 3.95. The van der Waals surface area contributed by atoms with Gasteiger partial charge in [-0.3, -0.25) is 4.99 Å². The Morgan fingerprint density at radius 1 is 1.70 bits per heavy atom. The van der Waals surface area contributed by atoms with Crippen LogP contribution in [0.3, 0.4) is 0 Å². The minimum Gasteiger partial charge on any atom is -0.294 e. The summed E-state index contributed by atoms with van der Waals surface area (Å²) in [5.41, 5.74) is 2.68. The lowest BCUT2D eigenvalue weighted by Crippen LogP contribution is -1.92. The molecule has 0 aromatic heterocycles. The third-order valence-corrected chi connectivity index (χ3v) is 1.80. The van der Waals surface area contributed by atoms with E-state index in [4.69, 9.17) is 0 Å². The number of hydrogen-bond donors (Lipinski definition) is 0. The van der Waals surface area contributed by atoms with E-state index >= 15 is 0 Å². The van der Waals surface area contributed by atoms with Crippen molar-refractivity contribution in [2.45, 2.75) is 32.6 Å². The second-order valence-corrected chi connectivity index (χ2v) is 3.01. The first-order valence-corrected chi connectivity index (χ1v) is 3.95. The molecule has 1 heteroatoms. The Bertz CT molecular complexity index is 156. The molecule has 1 aliphatic rings. The van der Waals surface area contributed by atoms with E-state index in [0.717, 1.165) is 19.4 Å². The minimum absolute atomic E-state index is 1.06. The highest BCUT2D eigenvalue weighted by Crippen LogP contribution is 2.11. The summed E-state index contributed by atoms with van der Waals surface area (Å²) in [5.74, 6) is 0. The monoisotopic (exact) mass is 137 g/mol. The van der Waals surface area contributed by atoms with Crippen LogP contribution in [-0.4, -0.2) is 12.3 Å². The highest BCUT2D eigenvalue weighted by molar-refractivity contribution is 5.85. The van der Waals surface area contributed by atoms with Crippen molar-refractivity contribution in [2.75, 3.05) is 6.54 Å². The van der Waals surface area contributed by atoms with Gasteiger partial charge in [0.1, 0.15) is 0 Å². The molecule has 0 bridgehead atoms. The second kappa shape index (κ2) is 3.55. The first-order chi connectivity index (χ1) is 4.79. The van der Waals surface area contributed by atoms with E-state index in [1.807, 2.05) is 0 Å². The van der Waals surface area contributed by atoms with E-state index in [0.29, 0.717) is 0 Å². The van der Waals surface area contributed by atoms with E-state index in [2.05, 4.69) is 18.5 Å². The maximum Gasteiger partial charge on any atom is 0.0392 e. The number of allylic oxidation sites excluding steroid dienone is 1. The topological polar surface area (TPSA) is 12.4 Å². The van der Waals surface area contributed by atoms with E-state index in [9.17, 15) is 0 Å². The van der Waals surface area contributed by atoms with Crippen LogP contribution in [0.5, 0.6) is 0 Å². The quantitative estimate of drug-likeness (QED) is 0.530. The smallest absolute Gasteiger partial charge is 0.0392 e. The molecule has 1 heterocycles. The average molecular weight is 137 g/mol. The fraction of sp³-hybridized carbons (Fsp3) is 0.667. The summed E-state index contributed by atoms with van der Waals surface area (Å²) >= 11 is 0. The molecule has 0 radical (unpaired) electrons. The molecular weight excluding hydrogens is 122 g/mol. The van der Waals surface area contributed by atoms with Crippen molar-refractivity contribution in [3.05, 3.63) is 12.2 Å². The van der Waals surface area contributed by atoms with Crippen molar-refractivity contribution in [1.82, 2.24) is 0 Å². The molecule has 0 aliphatic carbocycles. The van der Waals surface area contributed by atoms with Crippen LogP contribution in [0, 0.1) is 0 Å². The van der Waals surface area contributed by atoms with Crippen molar-refractivity contribution >= 4 is 5.71 Å². The highest BCUT2D eigenvalue weighted by atomic mass is 14.8. The molecule has 0 unspecified atom stereocenters. The van der Waals surface area contributed by atoms with Crippen LogP contribution >= 0.6 is 0 Å². The van der Waals surface area contributed by atoms with Gasteiger partial charge < -0.3 is 0 Å². The van der Waals surface area contributed by atoms with E-state index < -0.39 is 0 Å². The lowest BCUT2D eigenvalue weighted by molar-refractivity contribution is 0.941. The van der Waals surface area contributed by atoms with Crippen LogP contribution < -0.4 is 0 Å². The van der Waals surface area contributed by atoms with Crippen LogP contribution in [-0.2, 0) is 0 Å². The molecule has 0 atom stereocenters. The van der Waals surface area contributed by atoms with Gasteiger partial charge in [-0.2, -0.15) is 0 Å². The lowest BCUT2D eigenvalue weighted by Gasteiger charge is -1.97. The van der Waals surface area contributed by atoms with E-state index in [1.165, 1.54) is 24.1 Å². The summed E-state index contributed by atoms with van der Waals surface area (Å²) in [6.07, 6.45) is 4.77. The molecule has 56 valence electrons. The maximum atomic E-state index is 4.38. The molecule has 1 aliphatic heterocycles. The largest absolute Gasteiger partial charge is 0.294 e. The zero-order valence-electron chi connectivity index (χ0n) is 6.69. The minimum atomic E-state index is 1.06. The van der Waals surface area contributed by atoms with Crippen molar-refractivity contribution in [3.63, 3.8) is 0 Å². The summed E-state index contributed by atoms with van der Waals surface area (Å²) in [5, 5.41) is 0. The predicted octanol–water partition coefficient (Wildman–Crippen LogP) is 2.58. The number of nitrogens with zero attached hydrogens (tertiary/aromatic N) is 1. The third-order valence-electron chi connectivity index (χ3n) is 1.80. The first kappa shape index (κ1) is 7.52. The molecule has 0 amide bonds. The SMILES string of the molecule is C=C(C)CCC1=NCCC1. The van der Waals surface area contributed by atoms with Crippen LogP contribution in [0.25, 0.3) is 0 Å². The van der Waals surface area contributed by atoms with Crippen LogP contribution in [0.15, 0.2) is 17.1 Å². The number of aliphatic imine (C=N–C) groups is 1. The average Bonchev–Trinajstić information content (AvgIpc) is 2.34. The molecule has 0 aromatic carbocycles. The maximum absolute atomic E-state index is 4.38. The van der Waals surface area contributed by atoms with Gasteiger partial charge in [-0.05, 0) is 32.6 Å². The summed E-state index contributed by atoms with van der Waals surface area (Å²) in [4.78, 5) is 4.38. The Labute approximate surface area is 62.9 Å². The van der Waals surface area contributed by atoms with Crippen LogP contribution in [0.1, 0.15) is 32.6 Å². The summed E-state index contributed by atoms with van der Waals surface area (Å²) < 4.78 is 0. The van der Waals surface area contributed by atoms with Gasteiger partial charge in [0.05, 0.1) is 0 Å². The van der Waals surface area contributed by atoms with Gasteiger partial charge in [-0.15, -0.1) is 6.58 Å². The second-order valence-electron chi connectivity index (χ2n) is 3.01. The predicted molar refractivity (Wildman–Crippen MR) is 45.6 cm³/mol. The fourth-order valence-electron chi connectivity index (χ4n) is 1.16. The van der Waals surface area contributed by atoms with Crippen molar-refractivity contribution in [2.24, 2.45) is 4.99 Å². The fourth-order valence-corrected chi connectivity index (χ4v) is 1.16. The lowest BCUT2D eigenvalue weighted by atomic mass is 10.1. The Morgan fingerprint density at radius 2 is 2.50 bits per heavy atom. The Balaban J connectivity index is 2.19. The van der Waals surface area contributed by atoms with Gasteiger partial charge in [-0.1, -0.05) is 5.57 Å². The summed E-state index contributed by atoms with van der Waals surface area (Å²) in [6, 6.07) is 0. The van der Waals surface area contributed by atoms with Gasteiger partial charge in [0.25, 0.3) is 0 Å². The van der Waals surface area contributed by atoms with Gasteiger partial charge in [0.15, 0.2) is 0 Å². The van der Waals surface area contributed by atoms with Crippen molar-refractivity contribution in [1.29, 1.82) is 0 Å². The Kier molecular flexibility index (Phi) is 2.67. The zero-order valence-corrected chi connectivity index (χ0v) is 6.69. The molecule has 0 aromatic rings. The molecule has 1 rings (SSSR count). The van der Waals surface area contributed by atoms with Gasteiger partial charge in [0.2, 0.25) is 0 Å². The van der Waals surface area contributed by atoms with E-state index in [1.54, 1.807) is 0 Å². The standard InChI is InChI=1S/C9H15N/c1-8(2)5-6-9-4-3-7-10-9/h1,3-7H2,2H3. The molecule has 0 spiro atoms. The van der Waals surface area contributed by atoms with Crippen molar-refractivity contribution in [3.8, 4) is 0 Å². The van der Waals surface area contributed by atoms with Crippen LogP contribution in [0.2, 0.25) is 0 Å². The normalized spacial score (nSPS) is 17.1. The molecule has 10 heavy (non-hydrogen) atoms. The Morgan fingerprint density at radius 3 is 3.00 bits per heavy atom. The van der Waals surface area contributed by atoms with Gasteiger partial charge >= 0.3 is 0 Å². The molecule has 0 fully saturated rings. The summed E-state index contributed by atoms with van der Waals surface area (Å²) in [6.45, 7) is 7.00. The molecule has 0 saturated carbocycles. The molecule has 1 nitrogen and oxygen atoms in total. The Hall–Kier alpha value is -0.590. The third kappa shape index (κ3) is 2.34. The number of hydrogen-bond acceptors (Lipinski definition) is 1. The number of rotatable bonds is 3. The highest BCUT2D eigenvalue weighted by Gasteiger charge is 2.04. The zero-order chi connectivity index (χ0) is 7.40. The molecule has 0 saturated heterocycles. The molecular formula is C9H15N. The van der Waals surface area contributed by atoms with Gasteiger partial charge in [0, 0.05) is 12.3 Å².